The Morgan fingerprint density at radius 3 is 2.89 bits per heavy atom. The average Bonchev–Trinajstić information content (AvgIpc) is 2.97. The van der Waals surface area contributed by atoms with E-state index in [0.717, 1.165) is 63.5 Å². The van der Waals surface area contributed by atoms with Crippen molar-refractivity contribution >= 4 is 5.96 Å². The molecule has 1 aliphatic rings. The lowest BCUT2D eigenvalue weighted by Gasteiger charge is -2.34. The van der Waals surface area contributed by atoms with Gasteiger partial charge >= 0.3 is 0 Å². The quantitative estimate of drug-likeness (QED) is 0.361. The molecule has 0 bridgehead atoms. The maximum absolute atomic E-state index is 5.92. The van der Waals surface area contributed by atoms with E-state index in [1.807, 2.05) is 25.5 Å². The lowest BCUT2D eigenvalue weighted by molar-refractivity contribution is -0.0324. The highest BCUT2D eigenvalue weighted by Gasteiger charge is 2.24. The molecular formula is C18H35N7O2. The number of nitrogens with zero attached hydrogens (tertiary/aromatic N) is 5. The van der Waals surface area contributed by atoms with Crippen LogP contribution in [0.2, 0.25) is 0 Å². The molecule has 27 heavy (non-hydrogen) atoms. The number of hydrogen-bond acceptors (Lipinski definition) is 6. The molecule has 0 radical (unpaired) electrons. The minimum absolute atomic E-state index is 0.135. The molecule has 1 aromatic heterocycles. The number of aryl methyl sites for hydroxylation is 1. The zero-order chi connectivity index (χ0) is 19.6. The minimum atomic E-state index is 0.135. The van der Waals surface area contributed by atoms with Crippen LogP contribution in [-0.4, -0.2) is 84.3 Å². The van der Waals surface area contributed by atoms with Crippen LogP contribution < -0.4 is 10.6 Å². The summed E-state index contributed by atoms with van der Waals surface area (Å²) in [4.78, 5) is 6.99. The van der Waals surface area contributed by atoms with Crippen LogP contribution in [0.3, 0.4) is 0 Å². The van der Waals surface area contributed by atoms with Crippen LogP contribution in [0.5, 0.6) is 0 Å². The van der Waals surface area contributed by atoms with Crippen molar-refractivity contribution in [3.05, 3.63) is 11.6 Å². The van der Waals surface area contributed by atoms with Gasteiger partial charge in [0.05, 0.1) is 18.8 Å². The van der Waals surface area contributed by atoms with Crippen LogP contribution in [0.15, 0.2) is 4.99 Å². The monoisotopic (exact) mass is 381 g/mol. The predicted molar refractivity (Wildman–Crippen MR) is 106 cm³/mol. The third-order valence-electron chi connectivity index (χ3n) is 4.74. The highest BCUT2D eigenvalue weighted by atomic mass is 16.5. The van der Waals surface area contributed by atoms with E-state index in [1.165, 1.54) is 0 Å². The second-order valence-corrected chi connectivity index (χ2v) is 6.97. The van der Waals surface area contributed by atoms with E-state index in [0.29, 0.717) is 6.54 Å². The van der Waals surface area contributed by atoms with Crippen LogP contribution in [-0.2, 0) is 23.1 Å². The number of likely N-dealkylation sites (N-methyl/N-ethyl adjacent to an activating group) is 1. The molecule has 0 saturated carbocycles. The molecule has 154 valence electrons. The molecule has 9 heteroatoms. The fourth-order valence-corrected chi connectivity index (χ4v) is 2.84. The average molecular weight is 382 g/mol. The van der Waals surface area contributed by atoms with E-state index in [1.54, 1.807) is 0 Å². The summed E-state index contributed by atoms with van der Waals surface area (Å²) in [5, 5.41) is 15.2. The molecule has 0 spiro atoms. The third kappa shape index (κ3) is 7.08. The molecule has 9 nitrogen and oxygen atoms in total. The van der Waals surface area contributed by atoms with Crippen LogP contribution in [0, 0.1) is 6.92 Å². The highest BCUT2D eigenvalue weighted by molar-refractivity contribution is 5.80. The summed E-state index contributed by atoms with van der Waals surface area (Å²) in [6.45, 7) is 11.5. The van der Waals surface area contributed by atoms with Crippen molar-refractivity contribution in [2.75, 3.05) is 46.5 Å². The van der Waals surface area contributed by atoms with Gasteiger partial charge < -0.3 is 29.6 Å². The summed E-state index contributed by atoms with van der Waals surface area (Å²) < 4.78 is 13.3. The zero-order valence-corrected chi connectivity index (χ0v) is 17.4. The fourth-order valence-electron chi connectivity index (χ4n) is 2.84. The van der Waals surface area contributed by atoms with Crippen LogP contribution in [0.25, 0.3) is 0 Å². The summed E-state index contributed by atoms with van der Waals surface area (Å²) in [5.41, 5.74) is 0. The summed E-state index contributed by atoms with van der Waals surface area (Å²) in [6.07, 6.45) is 1.06. The Labute approximate surface area is 162 Å². The molecular weight excluding hydrogens is 346 g/mol. The standard InChI is InChI=1S/C18H35N7O2/c1-6-26-10-7-8-19-18(20-12-17-23-22-15(3)25(17)5)21-14(2)16-13-24(4)9-11-27-16/h14,16H,6-13H2,1-5H3,(H2,19,20,21). The number of rotatable bonds is 9. The van der Waals surface area contributed by atoms with Gasteiger partial charge in [-0.05, 0) is 34.2 Å². The first kappa shape index (κ1) is 21.6. The molecule has 2 atom stereocenters. The van der Waals surface area contributed by atoms with E-state index < -0.39 is 0 Å². The Morgan fingerprint density at radius 1 is 1.41 bits per heavy atom. The van der Waals surface area contributed by atoms with Gasteiger partial charge in [0.25, 0.3) is 0 Å². The van der Waals surface area contributed by atoms with Gasteiger partial charge in [-0.15, -0.1) is 10.2 Å². The van der Waals surface area contributed by atoms with E-state index in [-0.39, 0.29) is 12.1 Å². The van der Waals surface area contributed by atoms with E-state index in [4.69, 9.17) is 14.5 Å². The van der Waals surface area contributed by atoms with Crippen LogP contribution in [0.1, 0.15) is 31.9 Å². The SMILES string of the molecule is CCOCCCNC(=NCc1nnc(C)n1C)NC(C)C1CN(C)CCO1. The van der Waals surface area contributed by atoms with Gasteiger partial charge in [-0.3, -0.25) is 0 Å². The lowest BCUT2D eigenvalue weighted by Crippen LogP contribution is -2.53. The number of aromatic nitrogens is 3. The Hall–Kier alpha value is -1.71. The molecule has 1 saturated heterocycles. The first-order chi connectivity index (χ1) is 13.0. The van der Waals surface area contributed by atoms with Crippen molar-refractivity contribution in [1.29, 1.82) is 0 Å². The van der Waals surface area contributed by atoms with Crippen molar-refractivity contribution in [3.63, 3.8) is 0 Å². The molecule has 1 aliphatic heterocycles. The Kier molecular flexibility index (Phi) is 8.96. The Bertz CT molecular complexity index is 590. The summed E-state index contributed by atoms with van der Waals surface area (Å²) in [6, 6.07) is 0.145. The van der Waals surface area contributed by atoms with Crippen molar-refractivity contribution in [2.24, 2.45) is 12.0 Å². The van der Waals surface area contributed by atoms with Gasteiger partial charge in [0.1, 0.15) is 12.4 Å². The Balaban J connectivity index is 1.95. The second kappa shape index (κ2) is 11.2. The topological polar surface area (TPSA) is 88.8 Å². The van der Waals surface area contributed by atoms with Gasteiger partial charge in [0.2, 0.25) is 0 Å². The van der Waals surface area contributed by atoms with E-state index in [2.05, 4.69) is 39.7 Å². The van der Waals surface area contributed by atoms with Crippen LogP contribution in [0.4, 0.5) is 0 Å². The molecule has 0 aromatic carbocycles. The van der Waals surface area contributed by atoms with Gasteiger partial charge in [-0.1, -0.05) is 0 Å². The fraction of sp³-hybridized carbons (Fsp3) is 0.833. The third-order valence-corrected chi connectivity index (χ3v) is 4.74. The van der Waals surface area contributed by atoms with Crippen molar-refractivity contribution < 1.29 is 9.47 Å². The minimum Gasteiger partial charge on any atom is -0.382 e. The predicted octanol–water partition coefficient (Wildman–Crippen LogP) is 0.304. The summed E-state index contributed by atoms with van der Waals surface area (Å²) >= 11 is 0. The van der Waals surface area contributed by atoms with Gasteiger partial charge in [0, 0.05) is 39.9 Å². The largest absolute Gasteiger partial charge is 0.382 e. The number of ether oxygens (including phenoxy) is 2. The van der Waals surface area contributed by atoms with E-state index >= 15 is 0 Å². The first-order valence-electron chi connectivity index (χ1n) is 9.78. The maximum Gasteiger partial charge on any atom is 0.192 e. The number of aliphatic imine (C=N–C) groups is 1. The molecule has 0 amide bonds. The van der Waals surface area contributed by atoms with Gasteiger partial charge in [-0.25, -0.2) is 4.99 Å². The van der Waals surface area contributed by atoms with E-state index in [9.17, 15) is 0 Å². The summed E-state index contributed by atoms with van der Waals surface area (Å²) in [5.74, 6) is 2.48. The summed E-state index contributed by atoms with van der Waals surface area (Å²) in [7, 11) is 4.08. The highest BCUT2D eigenvalue weighted by Crippen LogP contribution is 2.07. The molecule has 0 aliphatic carbocycles. The molecule has 2 N–H and O–H groups in total. The first-order valence-corrected chi connectivity index (χ1v) is 9.78. The van der Waals surface area contributed by atoms with Crippen molar-refractivity contribution in [1.82, 2.24) is 30.3 Å². The number of guanidine groups is 1. The lowest BCUT2D eigenvalue weighted by atomic mass is 10.1. The van der Waals surface area contributed by atoms with Crippen LogP contribution >= 0.6 is 0 Å². The molecule has 2 rings (SSSR count). The van der Waals surface area contributed by atoms with Gasteiger partial charge in [-0.2, -0.15) is 0 Å². The molecule has 1 fully saturated rings. The normalized spacial score (nSPS) is 19.9. The Morgan fingerprint density at radius 2 is 2.22 bits per heavy atom. The smallest absolute Gasteiger partial charge is 0.192 e. The van der Waals surface area contributed by atoms with Crippen molar-refractivity contribution in [2.45, 2.75) is 45.9 Å². The number of hydrogen-bond donors (Lipinski definition) is 2. The molecule has 2 unspecified atom stereocenters. The number of nitrogens with one attached hydrogen (secondary N) is 2. The molecule has 2 heterocycles. The maximum atomic E-state index is 5.92. The van der Waals surface area contributed by atoms with Gasteiger partial charge in [0.15, 0.2) is 11.8 Å². The second-order valence-electron chi connectivity index (χ2n) is 6.97. The number of morpholine rings is 1. The van der Waals surface area contributed by atoms with Crippen molar-refractivity contribution in [3.8, 4) is 0 Å². The zero-order valence-electron chi connectivity index (χ0n) is 17.4. The molecule has 1 aromatic rings.